The van der Waals surface area contributed by atoms with Gasteiger partial charge in [-0.05, 0) is 12.8 Å². The first-order valence-electron chi connectivity index (χ1n) is 6.81. The minimum atomic E-state index is -1.03. The third-order valence-corrected chi connectivity index (χ3v) is 4.01. The van der Waals surface area contributed by atoms with Gasteiger partial charge < -0.3 is 19.7 Å². The number of amides is 1. The first-order valence-corrected chi connectivity index (χ1v) is 6.81. The van der Waals surface area contributed by atoms with Crippen LogP contribution in [0.5, 0.6) is 0 Å². The van der Waals surface area contributed by atoms with E-state index in [9.17, 15) is 14.7 Å². The van der Waals surface area contributed by atoms with E-state index in [0.29, 0.717) is 44.7 Å². The first-order chi connectivity index (χ1) is 9.68. The monoisotopic (exact) mass is 279 g/mol. The molecule has 0 radical (unpaired) electrons. The van der Waals surface area contributed by atoms with Gasteiger partial charge in [0.1, 0.15) is 0 Å². The Kier molecular flexibility index (Phi) is 3.43. The molecule has 0 bridgehead atoms. The Morgan fingerprint density at radius 2 is 2.15 bits per heavy atom. The molecule has 2 N–H and O–H groups in total. The molecule has 1 fully saturated rings. The number of imidazole rings is 1. The number of ether oxygens (including phenoxy) is 1. The predicted molar refractivity (Wildman–Crippen MR) is 67.9 cm³/mol. The van der Waals surface area contributed by atoms with Gasteiger partial charge in [0.25, 0.3) is 0 Å². The van der Waals surface area contributed by atoms with Gasteiger partial charge in [-0.25, -0.2) is 9.78 Å². The number of hydrogen-bond acceptors (Lipinski definition) is 4. The van der Waals surface area contributed by atoms with E-state index in [-0.39, 0.29) is 11.8 Å². The Morgan fingerprint density at radius 3 is 2.85 bits per heavy atom. The van der Waals surface area contributed by atoms with E-state index in [2.05, 4.69) is 9.97 Å². The summed E-state index contributed by atoms with van der Waals surface area (Å²) < 4.78 is 5.25. The fourth-order valence-corrected chi connectivity index (χ4v) is 2.94. The summed E-state index contributed by atoms with van der Waals surface area (Å²) in [4.78, 5) is 32.6. The van der Waals surface area contributed by atoms with Crippen molar-refractivity contribution in [3.63, 3.8) is 0 Å². The van der Waals surface area contributed by atoms with Gasteiger partial charge in [0.15, 0.2) is 6.04 Å². The van der Waals surface area contributed by atoms with Crippen molar-refractivity contribution in [3.05, 3.63) is 17.7 Å². The average molecular weight is 279 g/mol. The van der Waals surface area contributed by atoms with Crippen molar-refractivity contribution in [1.82, 2.24) is 14.9 Å². The van der Waals surface area contributed by atoms with Crippen LogP contribution in [0.2, 0.25) is 0 Å². The zero-order valence-electron chi connectivity index (χ0n) is 11.0. The Labute approximate surface area is 115 Å². The number of fused-ring (bicyclic) bond motifs is 1. The van der Waals surface area contributed by atoms with E-state index < -0.39 is 12.0 Å². The number of H-pyrrole nitrogens is 1. The van der Waals surface area contributed by atoms with E-state index in [4.69, 9.17) is 4.74 Å². The number of nitrogens with zero attached hydrogens (tertiary/aromatic N) is 2. The highest BCUT2D eigenvalue weighted by Gasteiger charge is 2.40. The Hall–Kier alpha value is -1.89. The number of aliphatic carboxylic acids is 1. The number of hydrogen-bond donors (Lipinski definition) is 2. The van der Waals surface area contributed by atoms with Gasteiger partial charge in [0.2, 0.25) is 5.91 Å². The quantitative estimate of drug-likeness (QED) is 0.814. The van der Waals surface area contributed by atoms with Crippen LogP contribution in [0.1, 0.15) is 30.3 Å². The second kappa shape index (κ2) is 5.24. The summed E-state index contributed by atoms with van der Waals surface area (Å²) in [5, 5.41) is 9.45. The summed E-state index contributed by atoms with van der Waals surface area (Å²) in [6.45, 7) is 1.55. The molecule has 3 rings (SSSR count). The lowest BCUT2D eigenvalue weighted by molar-refractivity contribution is -0.154. The highest BCUT2D eigenvalue weighted by molar-refractivity contribution is 5.86. The molecule has 1 aromatic heterocycles. The second-order valence-electron chi connectivity index (χ2n) is 5.18. The standard InChI is InChI=1S/C13H17N3O4/c17-12(8-2-5-20-6-3-8)16-4-1-9-10(15-7-14-9)11(16)13(18)19/h7-8,11H,1-6H2,(H,14,15)(H,18,19). The molecule has 3 heterocycles. The maximum atomic E-state index is 12.6. The van der Waals surface area contributed by atoms with Gasteiger partial charge in [-0.3, -0.25) is 4.79 Å². The minimum absolute atomic E-state index is 0.0886. The molecular weight excluding hydrogens is 262 g/mol. The highest BCUT2D eigenvalue weighted by atomic mass is 16.5. The largest absolute Gasteiger partial charge is 0.479 e. The fourth-order valence-electron chi connectivity index (χ4n) is 2.94. The zero-order chi connectivity index (χ0) is 14.1. The van der Waals surface area contributed by atoms with Crippen molar-refractivity contribution < 1.29 is 19.4 Å². The molecule has 1 aromatic rings. The van der Waals surface area contributed by atoms with Crippen LogP contribution in [-0.2, 0) is 20.7 Å². The minimum Gasteiger partial charge on any atom is -0.479 e. The summed E-state index contributed by atoms with van der Waals surface area (Å²) in [5.74, 6) is -1.25. The van der Waals surface area contributed by atoms with Gasteiger partial charge >= 0.3 is 5.97 Å². The summed E-state index contributed by atoms with van der Waals surface area (Å²) >= 11 is 0. The van der Waals surface area contributed by atoms with Crippen LogP contribution in [-0.4, -0.2) is 51.6 Å². The average Bonchev–Trinajstić information content (AvgIpc) is 2.94. The number of rotatable bonds is 2. The molecule has 7 heteroatoms. The second-order valence-corrected chi connectivity index (χ2v) is 5.18. The lowest BCUT2D eigenvalue weighted by atomic mass is 9.95. The molecular formula is C13H17N3O4. The smallest absolute Gasteiger partial charge is 0.332 e. The van der Waals surface area contributed by atoms with E-state index >= 15 is 0 Å². The van der Waals surface area contributed by atoms with Crippen LogP contribution in [0.4, 0.5) is 0 Å². The van der Waals surface area contributed by atoms with E-state index in [0.717, 1.165) is 5.69 Å². The zero-order valence-corrected chi connectivity index (χ0v) is 11.0. The summed E-state index contributed by atoms with van der Waals surface area (Å²) in [7, 11) is 0. The highest BCUT2D eigenvalue weighted by Crippen LogP contribution is 2.30. The van der Waals surface area contributed by atoms with Crippen molar-refractivity contribution in [2.75, 3.05) is 19.8 Å². The number of carbonyl (C=O) groups excluding carboxylic acids is 1. The van der Waals surface area contributed by atoms with Gasteiger partial charge in [-0.2, -0.15) is 0 Å². The van der Waals surface area contributed by atoms with Gasteiger partial charge in [-0.15, -0.1) is 0 Å². The SMILES string of the molecule is O=C(O)C1c2nc[nH]c2CCN1C(=O)C1CCOCC1. The molecule has 1 saturated heterocycles. The third kappa shape index (κ3) is 2.18. The molecule has 0 aliphatic carbocycles. The van der Waals surface area contributed by atoms with Gasteiger partial charge in [0.05, 0.1) is 12.0 Å². The van der Waals surface area contributed by atoms with Crippen LogP contribution in [0, 0.1) is 5.92 Å². The fraction of sp³-hybridized carbons (Fsp3) is 0.615. The first kappa shape index (κ1) is 13.1. The van der Waals surface area contributed by atoms with Gasteiger partial charge in [0, 0.05) is 37.8 Å². The lowest BCUT2D eigenvalue weighted by Crippen LogP contribution is -2.47. The molecule has 20 heavy (non-hydrogen) atoms. The summed E-state index contributed by atoms with van der Waals surface area (Å²) in [6, 6.07) is -0.972. The molecule has 0 aromatic carbocycles. The molecule has 1 atom stereocenters. The van der Waals surface area contributed by atoms with Crippen molar-refractivity contribution >= 4 is 11.9 Å². The summed E-state index contributed by atoms with van der Waals surface area (Å²) in [6.07, 6.45) is 3.43. The molecule has 7 nitrogen and oxygen atoms in total. The molecule has 108 valence electrons. The van der Waals surface area contributed by atoms with E-state index in [1.807, 2.05) is 0 Å². The molecule has 1 unspecified atom stereocenters. The molecule has 2 aliphatic rings. The predicted octanol–water partition coefficient (Wildman–Crippen LogP) is 0.347. The van der Waals surface area contributed by atoms with Crippen LogP contribution < -0.4 is 0 Å². The van der Waals surface area contributed by atoms with Crippen molar-refractivity contribution in [1.29, 1.82) is 0 Å². The number of nitrogens with one attached hydrogen (secondary N) is 1. The van der Waals surface area contributed by atoms with Crippen LogP contribution in [0.15, 0.2) is 6.33 Å². The topological polar surface area (TPSA) is 95.5 Å². The summed E-state index contributed by atoms with van der Waals surface area (Å²) in [5.41, 5.74) is 1.28. The Morgan fingerprint density at radius 1 is 1.40 bits per heavy atom. The lowest BCUT2D eigenvalue weighted by Gasteiger charge is -2.35. The molecule has 2 aliphatic heterocycles. The number of carboxylic acids is 1. The van der Waals surface area contributed by atoms with Crippen LogP contribution in [0.25, 0.3) is 0 Å². The molecule has 0 saturated carbocycles. The maximum absolute atomic E-state index is 12.6. The van der Waals surface area contributed by atoms with Crippen molar-refractivity contribution in [2.45, 2.75) is 25.3 Å². The van der Waals surface area contributed by atoms with Crippen LogP contribution in [0.3, 0.4) is 0 Å². The van der Waals surface area contributed by atoms with Crippen molar-refractivity contribution in [2.24, 2.45) is 5.92 Å². The Bertz CT molecular complexity index is 521. The number of aromatic amines is 1. The number of carboxylic acid groups (broad SMARTS) is 1. The van der Waals surface area contributed by atoms with Gasteiger partial charge in [-0.1, -0.05) is 0 Å². The number of aromatic nitrogens is 2. The molecule has 1 amide bonds. The Balaban J connectivity index is 1.85. The normalized spacial score (nSPS) is 23.4. The third-order valence-electron chi connectivity index (χ3n) is 4.01. The molecule has 0 spiro atoms. The number of carbonyl (C=O) groups is 2. The van der Waals surface area contributed by atoms with E-state index in [1.165, 1.54) is 11.2 Å². The van der Waals surface area contributed by atoms with Crippen LogP contribution >= 0.6 is 0 Å². The maximum Gasteiger partial charge on any atom is 0.332 e. The van der Waals surface area contributed by atoms with Crippen molar-refractivity contribution in [3.8, 4) is 0 Å². The van der Waals surface area contributed by atoms with E-state index in [1.54, 1.807) is 0 Å².